The molecular weight excluding hydrogens is 544 g/mol. The Morgan fingerprint density at radius 2 is 1.79 bits per heavy atom. The van der Waals surface area contributed by atoms with E-state index >= 15 is 0 Å². The van der Waals surface area contributed by atoms with Crippen LogP contribution in [0.3, 0.4) is 0 Å². The molecule has 0 spiro atoms. The molecule has 1 amide bonds. The molecule has 3 aliphatic rings. The number of hydrogen-bond acceptors (Lipinski definition) is 5. The molecule has 3 atom stereocenters. The van der Waals surface area contributed by atoms with Crippen molar-refractivity contribution in [2.24, 2.45) is 11.3 Å². The van der Waals surface area contributed by atoms with Crippen molar-refractivity contribution >= 4 is 17.5 Å². The van der Waals surface area contributed by atoms with E-state index < -0.39 is 0 Å². The molecular formula is C34H45ClN6O. The third kappa shape index (κ3) is 7.07. The maximum Gasteiger partial charge on any atom is 0.240 e. The molecule has 2 aromatic carbocycles. The lowest BCUT2D eigenvalue weighted by atomic mass is 9.63. The predicted molar refractivity (Wildman–Crippen MR) is 167 cm³/mol. The van der Waals surface area contributed by atoms with Gasteiger partial charge >= 0.3 is 0 Å². The first-order chi connectivity index (χ1) is 20.6. The molecule has 2 unspecified atom stereocenters. The number of carbonyl (C=O) groups is 1. The molecule has 8 heteroatoms. The molecule has 6 rings (SSSR count). The van der Waals surface area contributed by atoms with Crippen molar-refractivity contribution in [1.29, 1.82) is 0 Å². The molecule has 2 saturated heterocycles. The van der Waals surface area contributed by atoms with Gasteiger partial charge in [0.2, 0.25) is 5.91 Å². The molecule has 7 nitrogen and oxygen atoms in total. The summed E-state index contributed by atoms with van der Waals surface area (Å²) in [5.41, 5.74) is 2.63. The Balaban J connectivity index is 1.16. The molecule has 1 aromatic heterocycles. The molecule has 3 fully saturated rings. The maximum atomic E-state index is 14.3. The quantitative estimate of drug-likeness (QED) is 0.330. The zero-order valence-electron chi connectivity index (χ0n) is 24.6. The third-order valence-electron chi connectivity index (χ3n) is 10.2. The molecule has 1 aliphatic carbocycles. The number of nitrogens with one attached hydrogen (secondary N) is 2. The lowest BCUT2D eigenvalue weighted by Gasteiger charge is -2.48. The number of hydrogen-bond donors (Lipinski definition) is 2. The first-order valence-corrected chi connectivity index (χ1v) is 16.4. The molecule has 42 heavy (non-hydrogen) atoms. The number of aromatic nitrogens is 3. The van der Waals surface area contributed by atoms with Crippen molar-refractivity contribution < 1.29 is 4.79 Å². The fourth-order valence-corrected chi connectivity index (χ4v) is 7.93. The standard InChI is InChI=1S/C34H45ClN6O/c35-29-13-11-26(12-14-29)21-32(39-30-15-18-37-31(22-30)27-7-3-1-4-8-27)33(42)40-19-16-34(17-20-40,23-41-25-36-24-38-41)28-9-5-2-6-10-28/h1,3-4,7-8,11-14,24-25,28,30-32,37,39H,2,5-6,9-10,15-23H2/t30?,31?,32-/m1/s1. The highest BCUT2D eigenvalue weighted by Gasteiger charge is 2.44. The molecule has 224 valence electrons. The molecule has 0 bridgehead atoms. The summed E-state index contributed by atoms with van der Waals surface area (Å²) in [6.45, 7) is 3.46. The van der Waals surface area contributed by atoms with E-state index in [2.05, 4.69) is 68.1 Å². The van der Waals surface area contributed by atoms with E-state index in [1.54, 1.807) is 6.33 Å². The number of likely N-dealkylation sites (tertiary alicyclic amines) is 1. The minimum absolute atomic E-state index is 0.182. The first-order valence-electron chi connectivity index (χ1n) is 16.0. The van der Waals surface area contributed by atoms with Crippen LogP contribution >= 0.6 is 11.6 Å². The summed E-state index contributed by atoms with van der Waals surface area (Å²) in [6, 6.07) is 19.0. The fraction of sp³-hybridized carbons (Fsp3) is 0.559. The SMILES string of the molecule is O=C([C@@H](Cc1ccc(Cl)cc1)NC1CCNC(c2ccccc2)C1)N1CCC(Cn2cncn2)(C2CCCCC2)CC1. The zero-order chi connectivity index (χ0) is 28.8. The van der Waals surface area contributed by atoms with Crippen LogP contribution in [0.15, 0.2) is 67.3 Å². The van der Waals surface area contributed by atoms with Crippen LogP contribution in [0.1, 0.15) is 75.0 Å². The minimum Gasteiger partial charge on any atom is -0.341 e. The van der Waals surface area contributed by atoms with Gasteiger partial charge in [0, 0.05) is 36.7 Å². The Morgan fingerprint density at radius 3 is 2.50 bits per heavy atom. The number of benzene rings is 2. The van der Waals surface area contributed by atoms with Crippen LogP contribution in [0.4, 0.5) is 0 Å². The number of rotatable bonds is 9. The molecule has 1 saturated carbocycles. The Hall–Kier alpha value is -2.74. The van der Waals surface area contributed by atoms with E-state index in [1.807, 2.05) is 23.1 Å². The Labute approximate surface area is 255 Å². The lowest BCUT2D eigenvalue weighted by molar-refractivity contribution is -0.137. The third-order valence-corrected chi connectivity index (χ3v) is 10.4. The van der Waals surface area contributed by atoms with E-state index in [-0.39, 0.29) is 23.4 Å². The van der Waals surface area contributed by atoms with Gasteiger partial charge in [0.1, 0.15) is 12.7 Å². The van der Waals surface area contributed by atoms with E-state index in [4.69, 9.17) is 11.6 Å². The van der Waals surface area contributed by atoms with Crippen LogP contribution in [-0.2, 0) is 17.8 Å². The van der Waals surface area contributed by atoms with E-state index in [0.29, 0.717) is 18.4 Å². The second-order valence-corrected chi connectivity index (χ2v) is 13.2. The smallest absolute Gasteiger partial charge is 0.240 e. The highest BCUT2D eigenvalue weighted by atomic mass is 35.5. The first kappa shape index (κ1) is 29.3. The van der Waals surface area contributed by atoms with Gasteiger partial charge in [0.15, 0.2) is 0 Å². The Bertz CT molecular complexity index is 1250. The fourth-order valence-electron chi connectivity index (χ4n) is 7.81. The molecule has 3 heterocycles. The lowest BCUT2D eigenvalue weighted by Crippen LogP contribution is -2.56. The van der Waals surface area contributed by atoms with Crippen molar-refractivity contribution in [3.05, 3.63) is 83.4 Å². The van der Waals surface area contributed by atoms with Crippen LogP contribution in [0, 0.1) is 11.3 Å². The average molecular weight is 589 g/mol. The van der Waals surface area contributed by atoms with Crippen molar-refractivity contribution in [2.45, 2.75) is 88.9 Å². The summed E-state index contributed by atoms with van der Waals surface area (Å²) in [5.74, 6) is 0.929. The largest absolute Gasteiger partial charge is 0.341 e. The maximum absolute atomic E-state index is 14.3. The van der Waals surface area contributed by atoms with Crippen LogP contribution in [0.25, 0.3) is 0 Å². The van der Waals surface area contributed by atoms with Crippen molar-refractivity contribution in [3.63, 3.8) is 0 Å². The Morgan fingerprint density at radius 1 is 1.02 bits per heavy atom. The van der Waals surface area contributed by atoms with Crippen LogP contribution in [-0.4, -0.2) is 57.3 Å². The Kier molecular flexibility index (Phi) is 9.57. The van der Waals surface area contributed by atoms with E-state index in [0.717, 1.165) is 62.4 Å². The topological polar surface area (TPSA) is 75.1 Å². The zero-order valence-corrected chi connectivity index (χ0v) is 25.4. The molecule has 3 aromatic rings. The van der Waals surface area contributed by atoms with Crippen LogP contribution in [0.5, 0.6) is 0 Å². The van der Waals surface area contributed by atoms with Gasteiger partial charge in [-0.3, -0.25) is 9.48 Å². The number of halogens is 1. The summed E-state index contributed by atoms with van der Waals surface area (Å²) in [7, 11) is 0. The summed E-state index contributed by atoms with van der Waals surface area (Å²) in [4.78, 5) is 20.7. The average Bonchev–Trinajstić information content (AvgIpc) is 3.56. The van der Waals surface area contributed by atoms with Crippen LogP contribution in [0.2, 0.25) is 5.02 Å². The number of nitrogens with zero attached hydrogens (tertiary/aromatic N) is 4. The van der Waals surface area contributed by atoms with Gasteiger partial charge in [0.05, 0.1) is 6.04 Å². The summed E-state index contributed by atoms with van der Waals surface area (Å²) in [5, 5.41) is 12.7. The van der Waals surface area contributed by atoms with Gasteiger partial charge in [-0.1, -0.05) is 73.3 Å². The van der Waals surface area contributed by atoms with E-state index in [1.165, 1.54) is 37.7 Å². The number of amides is 1. The molecule has 2 N–H and O–H groups in total. The molecule has 0 radical (unpaired) electrons. The molecule has 2 aliphatic heterocycles. The minimum atomic E-state index is -0.261. The number of piperidine rings is 2. The predicted octanol–water partition coefficient (Wildman–Crippen LogP) is 5.81. The normalized spacial score (nSPS) is 23.9. The van der Waals surface area contributed by atoms with Crippen molar-refractivity contribution in [1.82, 2.24) is 30.3 Å². The van der Waals surface area contributed by atoms with E-state index in [9.17, 15) is 4.79 Å². The highest BCUT2D eigenvalue weighted by Crippen LogP contribution is 2.47. The van der Waals surface area contributed by atoms with Gasteiger partial charge < -0.3 is 15.5 Å². The van der Waals surface area contributed by atoms with Gasteiger partial charge in [-0.2, -0.15) is 5.10 Å². The van der Waals surface area contributed by atoms with Crippen LogP contribution < -0.4 is 10.6 Å². The van der Waals surface area contributed by atoms with Gasteiger partial charge in [-0.25, -0.2) is 4.98 Å². The monoisotopic (exact) mass is 588 g/mol. The summed E-state index contributed by atoms with van der Waals surface area (Å²) >= 11 is 6.20. The van der Waals surface area contributed by atoms with Gasteiger partial charge in [-0.15, -0.1) is 0 Å². The van der Waals surface area contributed by atoms with Crippen molar-refractivity contribution in [3.8, 4) is 0 Å². The highest BCUT2D eigenvalue weighted by molar-refractivity contribution is 6.30. The second-order valence-electron chi connectivity index (χ2n) is 12.8. The second kappa shape index (κ2) is 13.7. The summed E-state index contributed by atoms with van der Waals surface area (Å²) in [6.07, 6.45) is 14.8. The summed E-state index contributed by atoms with van der Waals surface area (Å²) < 4.78 is 2.03. The van der Waals surface area contributed by atoms with Gasteiger partial charge in [-0.05, 0) is 86.1 Å². The van der Waals surface area contributed by atoms with Gasteiger partial charge in [0.25, 0.3) is 0 Å². The van der Waals surface area contributed by atoms with Crippen molar-refractivity contribution in [2.75, 3.05) is 19.6 Å². The number of carbonyl (C=O) groups excluding carboxylic acids is 1.